The zero-order chi connectivity index (χ0) is 12.8. The summed E-state index contributed by atoms with van der Waals surface area (Å²) < 4.78 is 0. The van der Waals surface area contributed by atoms with E-state index < -0.39 is 0 Å². The third kappa shape index (κ3) is 4.01. The lowest BCUT2D eigenvalue weighted by atomic mass is 10.2. The van der Waals surface area contributed by atoms with Gasteiger partial charge in [0.25, 0.3) is 0 Å². The summed E-state index contributed by atoms with van der Waals surface area (Å²) in [4.78, 5) is 5.97. The molecular formula is C14H16ClNS2. The number of hydrogen-bond donors (Lipinski definition) is 0. The third-order valence-corrected chi connectivity index (χ3v) is 5.15. The maximum absolute atomic E-state index is 5.69. The number of aromatic nitrogens is 1. The maximum Gasteiger partial charge on any atom is 0.103 e. The molecule has 1 aromatic carbocycles. The van der Waals surface area contributed by atoms with Crippen molar-refractivity contribution in [1.29, 1.82) is 0 Å². The molecule has 1 nitrogen and oxygen atoms in total. The first-order chi connectivity index (χ1) is 8.79. The van der Waals surface area contributed by atoms with Crippen LogP contribution in [0, 0.1) is 6.92 Å². The van der Waals surface area contributed by atoms with Crippen LogP contribution in [0.3, 0.4) is 0 Å². The quantitative estimate of drug-likeness (QED) is 0.555. The van der Waals surface area contributed by atoms with Gasteiger partial charge in [0.15, 0.2) is 0 Å². The minimum Gasteiger partial charge on any atom is -0.245 e. The topological polar surface area (TPSA) is 12.9 Å². The molecule has 18 heavy (non-hydrogen) atoms. The summed E-state index contributed by atoms with van der Waals surface area (Å²) in [6.07, 6.45) is 2.00. The molecule has 4 heteroatoms. The van der Waals surface area contributed by atoms with Gasteiger partial charge in [0.1, 0.15) is 5.01 Å². The van der Waals surface area contributed by atoms with Gasteiger partial charge < -0.3 is 0 Å². The van der Waals surface area contributed by atoms with Crippen molar-refractivity contribution >= 4 is 34.7 Å². The summed E-state index contributed by atoms with van der Waals surface area (Å²) in [5.74, 6) is 1.67. The molecule has 0 aliphatic carbocycles. The number of hydrogen-bond acceptors (Lipinski definition) is 3. The Bertz CT molecular complexity index is 496. The van der Waals surface area contributed by atoms with Gasteiger partial charge >= 0.3 is 0 Å². The van der Waals surface area contributed by atoms with Gasteiger partial charge in [-0.05, 0) is 31.4 Å². The number of benzene rings is 1. The molecule has 0 N–H and O–H groups in total. The minimum absolute atomic E-state index is 0.713. The molecule has 0 saturated heterocycles. The highest BCUT2D eigenvalue weighted by Gasteiger charge is 2.04. The smallest absolute Gasteiger partial charge is 0.103 e. The molecule has 0 unspecified atom stereocenters. The maximum atomic E-state index is 5.69. The average molecular weight is 298 g/mol. The Labute approximate surface area is 122 Å². The first kappa shape index (κ1) is 13.9. The van der Waals surface area contributed by atoms with E-state index in [9.17, 15) is 0 Å². The normalized spacial score (nSPS) is 10.8. The Hall–Kier alpha value is -0.510. The number of aryl methyl sites for hydroxylation is 2. The van der Waals surface area contributed by atoms with Crippen LogP contribution >= 0.6 is 34.7 Å². The Morgan fingerprint density at radius 2 is 2.17 bits per heavy atom. The van der Waals surface area contributed by atoms with Crippen LogP contribution in [0.15, 0.2) is 34.5 Å². The van der Waals surface area contributed by atoms with E-state index in [1.165, 1.54) is 21.2 Å². The van der Waals surface area contributed by atoms with E-state index in [1.54, 1.807) is 11.3 Å². The van der Waals surface area contributed by atoms with Crippen molar-refractivity contribution in [2.75, 3.05) is 5.88 Å². The van der Waals surface area contributed by atoms with Crippen molar-refractivity contribution < 1.29 is 0 Å². The lowest BCUT2D eigenvalue weighted by Crippen LogP contribution is -1.88. The second-order valence-electron chi connectivity index (χ2n) is 4.08. The van der Waals surface area contributed by atoms with Crippen LogP contribution in [0.2, 0.25) is 0 Å². The molecule has 0 spiro atoms. The molecule has 2 rings (SSSR count). The van der Waals surface area contributed by atoms with Crippen molar-refractivity contribution in [2.24, 2.45) is 0 Å². The van der Waals surface area contributed by atoms with Gasteiger partial charge in [-0.25, -0.2) is 4.98 Å². The fourth-order valence-corrected chi connectivity index (χ4v) is 3.65. The van der Waals surface area contributed by atoms with Crippen molar-refractivity contribution in [1.82, 2.24) is 4.98 Å². The molecule has 0 atom stereocenters. The molecule has 0 saturated carbocycles. The second kappa shape index (κ2) is 7.17. The number of halogens is 1. The van der Waals surface area contributed by atoms with Crippen LogP contribution in [0.4, 0.5) is 0 Å². The number of thiazole rings is 1. The number of alkyl halides is 1. The molecule has 0 bridgehead atoms. The summed E-state index contributed by atoms with van der Waals surface area (Å²) in [6.45, 7) is 2.15. The van der Waals surface area contributed by atoms with E-state index in [1.807, 2.05) is 11.8 Å². The first-order valence-corrected chi connectivity index (χ1v) is 8.37. The largest absolute Gasteiger partial charge is 0.245 e. The third-order valence-electron chi connectivity index (χ3n) is 2.61. The summed E-state index contributed by atoms with van der Waals surface area (Å²) in [5.41, 5.74) is 2.52. The number of nitrogens with zero attached hydrogens (tertiary/aromatic N) is 1. The lowest BCUT2D eigenvalue weighted by Gasteiger charge is -2.02. The SMILES string of the molecule is Cc1ccccc1SCc1nc(CCCCl)cs1. The zero-order valence-corrected chi connectivity index (χ0v) is 12.7. The standard InChI is InChI=1S/C14H16ClNS2/c1-11-5-2-3-7-13(11)17-10-14-16-12(9-18-14)6-4-8-15/h2-3,5,7,9H,4,6,8,10H2,1H3. The highest BCUT2D eigenvalue weighted by atomic mass is 35.5. The zero-order valence-electron chi connectivity index (χ0n) is 10.4. The summed E-state index contributed by atoms with van der Waals surface area (Å²) >= 11 is 9.30. The van der Waals surface area contributed by atoms with Gasteiger partial charge in [-0.3, -0.25) is 0 Å². The van der Waals surface area contributed by atoms with Gasteiger partial charge in [0, 0.05) is 16.2 Å². The number of rotatable bonds is 6. The molecule has 0 radical (unpaired) electrons. The van der Waals surface area contributed by atoms with E-state index in [4.69, 9.17) is 11.6 Å². The Morgan fingerprint density at radius 1 is 1.33 bits per heavy atom. The predicted molar refractivity (Wildman–Crippen MR) is 81.9 cm³/mol. The van der Waals surface area contributed by atoms with E-state index >= 15 is 0 Å². The van der Waals surface area contributed by atoms with Gasteiger partial charge in [0.05, 0.1) is 11.4 Å². The van der Waals surface area contributed by atoms with E-state index in [-0.39, 0.29) is 0 Å². The molecule has 96 valence electrons. The molecule has 0 fully saturated rings. The van der Waals surface area contributed by atoms with Gasteiger partial charge in [0.2, 0.25) is 0 Å². The van der Waals surface area contributed by atoms with Crippen molar-refractivity contribution in [3.8, 4) is 0 Å². The van der Waals surface area contributed by atoms with E-state index in [2.05, 4.69) is 41.6 Å². The fraction of sp³-hybridized carbons (Fsp3) is 0.357. The fourth-order valence-electron chi connectivity index (χ4n) is 1.64. The van der Waals surface area contributed by atoms with Crippen LogP contribution in [-0.4, -0.2) is 10.9 Å². The highest BCUT2D eigenvalue weighted by molar-refractivity contribution is 7.98. The van der Waals surface area contributed by atoms with Gasteiger partial charge in [-0.2, -0.15) is 0 Å². The van der Waals surface area contributed by atoms with Crippen LogP contribution in [0.1, 0.15) is 22.7 Å². The summed E-state index contributed by atoms with van der Waals surface area (Å²) in [7, 11) is 0. The van der Waals surface area contributed by atoms with Gasteiger partial charge in [-0.15, -0.1) is 34.7 Å². The molecular weight excluding hydrogens is 282 g/mol. The van der Waals surface area contributed by atoms with Crippen LogP contribution in [-0.2, 0) is 12.2 Å². The average Bonchev–Trinajstić information content (AvgIpc) is 2.83. The second-order valence-corrected chi connectivity index (χ2v) is 6.42. The Balaban J connectivity index is 1.90. The molecule has 0 amide bonds. The molecule has 2 aromatic rings. The Kier molecular flexibility index (Phi) is 5.54. The van der Waals surface area contributed by atoms with E-state index in [0.717, 1.165) is 18.6 Å². The minimum atomic E-state index is 0.713. The predicted octanol–water partition coefficient (Wildman–Crippen LogP) is 4.92. The summed E-state index contributed by atoms with van der Waals surface area (Å²) in [6, 6.07) is 8.48. The molecule has 0 aliphatic heterocycles. The molecule has 1 aromatic heterocycles. The Morgan fingerprint density at radius 3 is 2.94 bits per heavy atom. The summed E-state index contributed by atoms with van der Waals surface area (Å²) in [5, 5.41) is 3.35. The number of thioether (sulfide) groups is 1. The van der Waals surface area contributed by atoms with Crippen LogP contribution < -0.4 is 0 Å². The molecule has 1 heterocycles. The van der Waals surface area contributed by atoms with Crippen molar-refractivity contribution in [3.05, 3.63) is 45.9 Å². The van der Waals surface area contributed by atoms with E-state index in [0.29, 0.717) is 5.88 Å². The first-order valence-electron chi connectivity index (χ1n) is 5.97. The van der Waals surface area contributed by atoms with Gasteiger partial charge in [-0.1, -0.05) is 18.2 Å². The van der Waals surface area contributed by atoms with Crippen molar-refractivity contribution in [2.45, 2.75) is 30.4 Å². The van der Waals surface area contributed by atoms with Crippen molar-refractivity contribution in [3.63, 3.8) is 0 Å². The van der Waals surface area contributed by atoms with Crippen LogP contribution in [0.5, 0.6) is 0 Å². The highest BCUT2D eigenvalue weighted by Crippen LogP contribution is 2.27. The lowest BCUT2D eigenvalue weighted by molar-refractivity contribution is 0.893. The monoisotopic (exact) mass is 297 g/mol. The molecule has 0 aliphatic rings. The van der Waals surface area contributed by atoms with Crippen LogP contribution in [0.25, 0.3) is 0 Å².